The van der Waals surface area contributed by atoms with Crippen LogP contribution in [-0.2, 0) is 30.2 Å². The molecule has 0 spiro atoms. The van der Waals surface area contributed by atoms with Gasteiger partial charge in [0.15, 0.2) is 0 Å². The summed E-state index contributed by atoms with van der Waals surface area (Å²) in [6.07, 6.45) is -1.48. The summed E-state index contributed by atoms with van der Waals surface area (Å²) < 4.78 is 27.6. The highest BCUT2D eigenvalue weighted by Gasteiger charge is 2.33. The first-order valence-corrected chi connectivity index (χ1v) is 13.5. The van der Waals surface area contributed by atoms with Crippen molar-refractivity contribution in [2.75, 3.05) is 51.1 Å². The standard InChI is InChI=1S/C25H42O9S/c1-4-19(20-8-6-5-7-9-20)12-25(2,3)24(30)34-16-22(28)14-32-10-11-33-15-23(29)18-35(31)17-21(27)13-26/h5-9,19,21-23,26-29H,4,10-18H2,1-3H3. The zero-order chi connectivity index (χ0) is 26.3. The second-order valence-corrected chi connectivity index (χ2v) is 10.8. The van der Waals surface area contributed by atoms with E-state index >= 15 is 0 Å². The van der Waals surface area contributed by atoms with Gasteiger partial charge in [-0.15, -0.1) is 0 Å². The van der Waals surface area contributed by atoms with Crippen LogP contribution in [0.5, 0.6) is 0 Å². The fraction of sp³-hybridized carbons (Fsp3) is 0.720. The number of carbonyl (C=O) groups is 1. The van der Waals surface area contributed by atoms with Crippen LogP contribution in [0.3, 0.4) is 0 Å². The van der Waals surface area contributed by atoms with Crippen LogP contribution in [0.2, 0.25) is 0 Å². The van der Waals surface area contributed by atoms with Gasteiger partial charge in [0.2, 0.25) is 0 Å². The van der Waals surface area contributed by atoms with Crippen LogP contribution in [0.15, 0.2) is 30.3 Å². The Hall–Kier alpha value is -1.24. The zero-order valence-electron chi connectivity index (χ0n) is 21.0. The van der Waals surface area contributed by atoms with Crippen molar-refractivity contribution in [2.45, 2.75) is 57.8 Å². The van der Waals surface area contributed by atoms with Gasteiger partial charge in [-0.25, -0.2) is 0 Å². The minimum Gasteiger partial charge on any atom is -0.616 e. The molecule has 0 aliphatic rings. The van der Waals surface area contributed by atoms with Crippen LogP contribution in [-0.4, -0.2) is 100 Å². The van der Waals surface area contributed by atoms with Crippen molar-refractivity contribution in [3.05, 3.63) is 35.9 Å². The average molecular weight is 519 g/mol. The number of ether oxygens (including phenoxy) is 3. The smallest absolute Gasteiger partial charge is 0.311 e. The Morgan fingerprint density at radius 3 is 2.11 bits per heavy atom. The Morgan fingerprint density at radius 2 is 1.54 bits per heavy atom. The van der Waals surface area contributed by atoms with E-state index < -0.39 is 41.5 Å². The van der Waals surface area contributed by atoms with E-state index in [1.165, 1.54) is 5.56 Å². The summed E-state index contributed by atoms with van der Waals surface area (Å²) in [5, 5.41) is 37.8. The van der Waals surface area contributed by atoms with Crippen molar-refractivity contribution in [3.8, 4) is 0 Å². The number of hydrogen-bond acceptors (Lipinski definition) is 9. The van der Waals surface area contributed by atoms with Crippen molar-refractivity contribution < 1.29 is 44.0 Å². The highest BCUT2D eigenvalue weighted by molar-refractivity contribution is 7.91. The molecule has 0 aromatic heterocycles. The van der Waals surface area contributed by atoms with Crippen LogP contribution in [0.4, 0.5) is 0 Å². The quantitative estimate of drug-likeness (QED) is 0.119. The Labute approximate surface area is 211 Å². The minimum absolute atomic E-state index is 0.0374. The zero-order valence-corrected chi connectivity index (χ0v) is 21.8. The lowest BCUT2D eigenvalue weighted by Gasteiger charge is -2.28. The van der Waals surface area contributed by atoms with E-state index in [1.807, 2.05) is 32.0 Å². The van der Waals surface area contributed by atoms with E-state index in [1.54, 1.807) is 0 Å². The number of rotatable bonds is 19. The van der Waals surface area contributed by atoms with E-state index in [0.717, 1.165) is 6.42 Å². The fourth-order valence-corrected chi connectivity index (χ4v) is 4.69. The highest BCUT2D eigenvalue weighted by atomic mass is 32.2. The number of benzene rings is 1. The summed E-state index contributed by atoms with van der Waals surface area (Å²) >= 11 is -1.47. The van der Waals surface area contributed by atoms with Gasteiger partial charge in [-0.2, -0.15) is 0 Å². The molecule has 4 N–H and O–H groups in total. The van der Waals surface area contributed by atoms with E-state index in [-0.39, 0.29) is 56.4 Å². The predicted molar refractivity (Wildman–Crippen MR) is 133 cm³/mol. The van der Waals surface area contributed by atoms with Gasteiger partial charge >= 0.3 is 5.97 Å². The maximum Gasteiger partial charge on any atom is 0.311 e. The fourth-order valence-electron chi connectivity index (χ4n) is 3.49. The van der Waals surface area contributed by atoms with Crippen molar-refractivity contribution in [1.82, 2.24) is 0 Å². The molecule has 1 aromatic carbocycles. The number of aliphatic hydroxyl groups excluding tert-OH is 4. The van der Waals surface area contributed by atoms with E-state index in [9.17, 15) is 24.7 Å². The molecule has 10 heteroatoms. The van der Waals surface area contributed by atoms with Gasteiger partial charge in [0.1, 0.15) is 36.4 Å². The van der Waals surface area contributed by atoms with Crippen molar-refractivity contribution in [3.63, 3.8) is 0 Å². The third-order valence-corrected chi connectivity index (χ3v) is 6.95. The predicted octanol–water partition coefficient (Wildman–Crippen LogP) is 0.997. The number of carbonyl (C=O) groups excluding carboxylic acids is 1. The first-order valence-electron chi connectivity index (χ1n) is 12.0. The van der Waals surface area contributed by atoms with E-state index in [2.05, 4.69) is 19.1 Å². The van der Waals surface area contributed by atoms with Crippen LogP contribution in [0, 0.1) is 5.41 Å². The normalized spacial score (nSPS) is 16.3. The molecule has 0 amide bonds. The first kappa shape index (κ1) is 31.8. The topological polar surface area (TPSA) is 149 Å². The van der Waals surface area contributed by atoms with Gasteiger partial charge in [-0.1, -0.05) is 37.3 Å². The molecule has 0 bridgehead atoms. The summed E-state index contributed by atoms with van der Waals surface area (Å²) in [4.78, 5) is 12.6. The molecule has 5 atom stereocenters. The molecule has 1 rings (SSSR count). The van der Waals surface area contributed by atoms with Crippen LogP contribution in [0.25, 0.3) is 0 Å². The van der Waals surface area contributed by atoms with Gasteiger partial charge in [0.25, 0.3) is 0 Å². The average Bonchev–Trinajstić information content (AvgIpc) is 2.83. The lowest BCUT2D eigenvalue weighted by atomic mass is 9.79. The first-order chi connectivity index (χ1) is 16.6. The van der Waals surface area contributed by atoms with Gasteiger partial charge < -0.3 is 39.2 Å². The molecular weight excluding hydrogens is 476 g/mol. The minimum atomic E-state index is -1.47. The summed E-state index contributed by atoms with van der Waals surface area (Å²) in [5.41, 5.74) is 0.485. The third kappa shape index (κ3) is 13.6. The summed E-state index contributed by atoms with van der Waals surface area (Å²) in [5.74, 6) is -0.310. The SMILES string of the molecule is CCC(CC(C)(C)C(=O)OCC(O)COCCOCC(O)C[S+]([O-])CC(O)CO)c1ccccc1. The Bertz CT molecular complexity index is 689. The molecular formula is C25H42O9S. The lowest BCUT2D eigenvalue weighted by Crippen LogP contribution is -2.33. The van der Waals surface area contributed by atoms with Gasteiger partial charge in [0.05, 0.1) is 38.4 Å². The lowest BCUT2D eigenvalue weighted by molar-refractivity contribution is -0.158. The largest absolute Gasteiger partial charge is 0.616 e. The van der Waals surface area contributed by atoms with E-state index in [0.29, 0.717) is 6.42 Å². The number of esters is 1. The monoisotopic (exact) mass is 518 g/mol. The maximum absolute atomic E-state index is 12.6. The molecule has 0 heterocycles. The van der Waals surface area contributed by atoms with Crippen molar-refractivity contribution in [2.24, 2.45) is 5.41 Å². The van der Waals surface area contributed by atoms with E-state index in [4.69, 9.17) is 19.3 Å². The molecule has 35 heavy (non-hydrogen) atoms. The molecule has 0 fully saturated rings. The highest BCUT2D eigenvalue weighted by Crippen LogP contribution is 2.34. The summed E-state index contributed by atoms with van der Waals surface area (Å²) in [6.45, 7) is 5.36. The summed E-state index contributed by atoms with van der Waals surface area (Å²) in [7, 11) is 0. The van der Waals surface area contributed by atoms with Gasteiger partial charge in [0, 0.05) is 0 Å². The van der Waals surface area contributed by atoms with Gasteiger partial charge in [-0.05, 0) is 49.3 Å². The second kappa shape index (κ2) is 17.3. The third-order valence-electron chi connectivity index (χ3n) is 5.44. The molecule has 0 aliphatic carbocycles. The molecule has 9 nitrogen and oxygen atoms in total. The Morgan fingerprint density at radius 1 is 0.971 bits per heavy atom. The maximum atomic E-state index is 12.6. The molecule has 5 unspecified atom stereocenters. The van der Waals surface area contributed by atoms with Crippen LogP contribution < -0.4 is 0 Å². The molecule has 1 aromatic rings. The molecule has 202 valence electrons. The summed E-state index contributed by atoms with van der Waals surface area (Å²) in [6, 6.07) is 10.1. The Balaban J connectivity index is 2.21. The molecule has 0 radical (unpaired) electrons. The second-order valence-electron chi connectivity index (χ2n) is 9.27. The number of aliphatic hydroxyl groups is 4. The molecule has 0 saturated carbocycles. The van der Waals surface area contributed by atoms with Gasteiger partial charge in [-0.3, -0.25) is 4.79 Å². The number of hydrogen-bond donors (Lipinski definition) is 4. The van der Waals surface area contributed by atoms with Crippen molar-refractivity contribution in [1.29, 1.82) is 0 Å². The van der Waals surface area contributed by atoms with Crippen LogP contribution >= 0.6 is 0 Å². The molecule has 0 aliphatic heterocycles. The Kier molecular flexibility index (Phi) is 15.7. The van der Waals surface area contributed by atoms with Crippen molar-refractivity contribution >= 4 is 17.1 Å². The van der Waals surface area contributed by atoms with Crippen LogP contribution in [0.1, 0.15) is 45.1 Å². The molecule has 0 saturated heterocycles.